The lowest BCUT2D eigenvalue weighted by Crippen LogP contribution is -2.40. The minimum atomic E-state index is 0.386. The molecular weight excluding hydrogens is 240 g/mol. The largest absolute Gasteiger partial charge is 0.359 e. The highest BCUT2D eigenvalue weighted by molar-refractivity contribution is 8.14. The van der Waals surface area contributed by atoms with E-state index in [9.17, 15) is 0 Å². The topological polar surface area (TPSA) is 24.4 Å². The van der Waals surface area contributed by atoms with Crippen LogP contribution in [0.4, 0.5) is 0 Å². The summed E-state index contributed by atoms with van der Waals surface area (Å²) in [4.78, 5) is 4.71. The Labute approximate surface area is 113 Å². The maximum absolute atomic E-state index is 4.71. The van der Waals surface area contributed by atoms with E-state index in [1.807, 2.05) is 11.8 Å². The second kappa shape index (κ2) is 4.96. The van der Waals surface area contributed by atoms with E-state index in [2.05, 4.69) is 36.5 Å². The number of hydrogen-bond donors (Lipinski definition) is 1. The molecule has 2 nitrogen and oxygen atoms in total. The molecule has 1 spiro atoms. The van der Waals surface area contributed by atoms with Crippen LogP contribution in [0.25, 0.3) is 0 Å². The fraction of sp³-hybridized carbons (Fsp3) is 0.533. The van der Waals surface area contributed by atoms with Gasteiger partial charge < -0.3 is 5.32 Å². The van der Waals surface area contributed by atoms with E-state index in [-0.39, 0.29) is 0 Å². The molecular formula is C15H20N2S. The summed E-state index contributed by atoms with van der Waals surface area (Å²) in [6, 6.07) is 8.65. The average Bonchev–Trinajstić information content (AvgIpc) is 3.00. The Morgan fingerprint density at radius 3 is 2.67 bits per heavy atom. The molecule has 1 heterocycles. The molecule has 3 heteroatoms. The second-order valence-corrected chi connectivity index (χ2v) is 6.47. The third-order valence-electron chi connectivity index (χ3n) is 3.94. The standard InChI is InChI=1S/C15H20N2S/c1-12-4-6-13(7-5-12)10-16-14-17-15(11-18-14)8-2-3-9-15/h4-7H,2-3,8-11H2,1H3,(H,16,17). The van der Waals surface area contributed by atoms with Crippen LogP contribution in [0.3, 0.4) is 0 Å². The molecule has 0 bridgehead atoms. The zero-order valence-corrected chi connectivity index (χ0v) is 11.7. The number of thioether (sulfide) groups is 1. The quantitative estimate of drug-likeness (QED) is 0.880. The fourth-order valence-electron chi connectivity index (χ4n) is 2.77. The molecule has 1 N–H and O–H groups in total. The molecule has 96 valence electrons. The van der Waals surface area contributed by atoms with Crippen molar-refractivity contribution in [2.75, 3.05) is 5.75 Å². The molecule has 0 amide bonds. The zero-order chi connectivity index (χ0) is 12.4. The Hall–Kier alpha value is -0.960. The molecule has 1 aromatic carbocycles. The number of aliphatic imine (C=N–C) groups is 1. The van der Waals surface area contributed by atoms with E-state index < -0.39 is 0 Å². The molecule has 18 heavy (non-hydrogen) atoms. The van der Waals surface area contributed by atoms with E-state index in [1.54, 1.807) is 0 Å². The number of aryl methyl sites for hydroxylation is 1. The van der Waals surface area contributed by atoms with Crippen molar-refractivity contribution in [1.29, 1.82) is 0 Å². The van der Waals surface area contributed by atoms with Crippen LogP contribution in [0.15, 0.2) is 29.3 Å². The van der Waals surface area contributed by atoms with E-state index in [0.29, 0.717) is 5.54 Å². The number of nitrogens with zero attached hydrogens (tertiary/aromatic N) is 1. The summed E-state index contributed by atoms with van der Waals surface area (Å²) in [5.74, 6) is 1.21. The van der Waals surface area contributed by atoms with Gasteiger partial charge in [-0.1, -0.05) is 54.4 Å². The van der Waals surface area contributed by atoms with Crippen LogP contribution < -0.4 is 5.32 Å². The number of nitrogens with one attached hydrogen (secondary N) is 1. The van der Waals surface area contributed by atoms with Gasteiger partial charge in [-0.25, -0.2) is 0 Å². The first-order valence-electron chi connectivity index (χ1n) is 6.77. The van der Waals surface area contributed by atoms with Crippen molar-refractivity contribution in [1.82, 2.24) is 5.32 Å². The number of rotatable bonds is 2. The average molecular weight is 260 g/mol. The van der Waals surface area contributed by atoms with Gasteiger partial charge in [0.05, 0.1) is 6.54 Å². The van der Waals surface area contributed by atoms with E-state index in [0.717, 1.165) is 11.7 Å². The van der Waals surface area contributed by atoms with E-state index >= 15 is 0 Å². The van der Waals surface area contributed by atoms with Gasteiger partial charge in [0.1, 0.15) is 0 Å². The number of benzene rings is 1. The molecule has 0 atom stereocenters. The van der Waals surface area contributed by atoms with E-state index in [4.69, 9.17) is 4.99 Å². The highest BCUT2D eigenvalue weighted by Crippen LogP contribution is 2.37. The van der Waals surface area contributed by atoms with Crippen LogP contribution in [0, 0.1) is 6.92 Å². The lowest BCUT2D eigenvalue weighted by atomic mass is 10.0. The molecule has 1 aliphatic carbocycles. The molecule has 2 fully saturated rings. The van der Waals surface area contributed by atoms with Crippen LogP contribution in [0.1, 0.15) is 36.8 Å². The van der Waals surface area contributed by atoms with Crippen LogP contribution in [-0.4, -0.2) is 16.5 Å². The van der Waals surface area contributed by atoms with E-state index in [1.165, 1.54) is 42.6 Å². The van der Waals surface area contributed by atoms with Gasteiger partial charge in [-0.15, -0.1) is 0 Å². The van der Waals surface area contributed by atoms with Gasteiger partial charge >= 0.3 is 0 Å². The number of hydrogen-bond acceptors (Lipinski definition) is 2. The molecule has 3 rings (SSSR count). The minimum Gasteiger partial charge on any atom is -0.359 e. The van der Waals surface area contributed by atoms with Crippen molar-refractivity contribution >= 4 is 16.9 Å². The summed E-state index contributed by atoms with van der Waals surface area (Å²) in [7, 11) is 0. The van der Waals surface area contributed by atoms with Gasteiger partial charge in [0.2, 0.25) is 0 Å². The third kappa shape index (κ3) is 2.56. The second-order valence-electron chi connectivity index (χ2n) is 5.51. The van der Waals surface area contributed by atoms with Gasteiger partial charge in [0.25, 0.3) is 0 Å². The van der Waals surface area contributed by atoms with Gasteiger partial charge in [-0.05, 0) is 25.3 Å². The van der Waals surface area contributed by atoms with Crippen molar-refractivity contribution < 1.29 is 0 Å². The fourth-order valence-corrected chi connectivity index (χ4v) is 3.99. The molecule has 1 saturated heterocycles. The lowest BCUT2D eigenvalue weighted by molar-refractivity contribution is 0.452. The van der Waals surface area contributed by atoms with Crippen LogP contribution in [-0.2, 0) is 6.54 Å². The van der Waals surface area contributed by atoms with Crippen LogP contribution in [0.2, 0.25) is 0 Å². The molecule has 0 radical (unpaired) electrons. The predicted molar refractivity (Wildman–Crippen MR) is 79.1 cm³/mol. The summed E-state index contributed by atoms with van der Waals surface area (Å²) < 4.78 is 0. The first-order valence-corrected chi connectivity index (χ1v) is 7.75. The Kier molecular flexibility index (Phi) is 3.33. The van der Waals surface area contributed by atoms with Gasteiger partial charge in [-0.3, -0.25) is 4.99 Å². The van der Waals surface area contributed by atoms with Crippen molar-refractivity contribution in [2.45, 2.75) is 44.7 Å². The number of amidine groups is 1. The normalized spacial score (nSPS) is 23.7. The first-order chi connectivity index (χ1) is 8.76. The van der Waals surface area contributed by atoms with Gasteiger partial charge in [0.15, 0.2) is 5.17 Å². The maximum Gasteiger partial charge on any atom is 0.157 e. The summed E-state index contributed by atoms with van der Waals surface area (Å²) in [6.45, 7) is 2.92. The van der Waals surface area contributed by atoms with Crippen molar-refractivity contribution in [3.8, 4) is 0 Å². The Bertz CT molecular complexity index is 444. The zero-order valence-electron chi connectivity index (χ0n) is 10.9. The summed E-state index contributed by atoms with van der Waals surface area (Å²) in [5.41, 5.74) is 2.99. The summed E-state index contributed by atoms with van der Waals surface area (Å²) in [6.07, 6.45) is 5.39. The highest BCUT2D eigenvalue weighted by Gasteiger charge is 2.39. The predicted octanol–water partition coefficient (Wildman–Crippen LogP) is 3.50. The molecule has 1 aromatic rings. The monoisotopic (exact) mass is 260 g/mol. The first kappa shape index (κ1) is 12.1. The summed E-state index contributed by atoms with van der Waals surface area (Å²) in [5, 5.41) is 4.81. The SMILES string of the molecule is Cc1ccc(CN=C2NC3(CCCC3)CS2)cc1. The Balaban J connectivity index is 1.62. The Morgan fingerprint density at radius 2 is 1.94 bits per heavy atom. The molecule has 0 aromatic heterocycles. The third-order valence-corrected chi connectivity index (χ3v) is 5.15. The van der Waals surface area contributed by atoms with Crippen LogP contribution >= 0.6 is 11.8 Å². The van der Waals surface area contributed by atoms with Crippen LogP contribution in [0.5, 0.6) is 0 Å². The van der Waals surface area contributed by atoms with Crippen molar-refractivity contribution in [3.63, 3.8) is 0 Å². The molecule has 1 aliphatic heterocycles. The summed E-state index contributed by atoms with van der Waals surface area (Å²) >= 11 is 1.90. The molecule has 0 unspecified atom stereocenters. The smallest absolute Gasteiger partial charge is 0.157 e. The lowest BCUT2D eigenvalue weighted by Gasteiger charge is -2.21. The van der Waals surface area contributed by atoms with Crippen molar-refractivity contribution in [3.05, 3.63) is 35.4 Å². The Morgan fingerprint density at radius 1 is 1.22 bits per heavy atom. The van der Waals surface area contributed by atoms with Crippen molar-refractivity contribution in [2.24, 2.45) is 4.99 Å². The molecule has 2 aliphatic rings. The highest BCUT2D eigenvalue weighted by atomic mass is 32.2. The minimum absolute atomic E-state index is 0.386. The van der Waals surface area contributed by atoms with Gasteiger partial charge in [-0.2, -0.15) is 0 Å². The molecule has 1 saturated carbocycles. The maximum atomic E-state index is 4.71. The van der Waals surface area contributed by atoms with Gasteiger partial charge in [0, 0.05) is 11.3 Å².